The van der Waals surface area contributed by atoms with Crippen molar-refractivity contribution >= 4 is 22.5 Å². The lowest BCUT2D eigenvalue weighted by atomic mass is 9.74. The molecule has 222 valence electrons. The van der Waals surface area contributed by atoms with Crippen LogP contribution in [0.4, 0.5) is 5.82 Å². The summed E-state index contributed by atoms with van der Waals surface area (Å²) in [6.07, 6.45) is 5.28. The molecule has 0 radical (unpaired) electrons. The number of likely N-dealkylation sites (tertiary alicyclic amines) is 1. The van der Waals surface area contributed by atoms with Crippen LogP contribution in [0.5, 0.6) is 11.8 Å². The van der Waals surface area contributed by atoms with Gasteiger partial charge in [0.05, 0.1) is 5.69 Å². The minimum atomic E-state index is -0.0300. The Balaban J connectivity index is 1.39. The molecule has 6 rings (SSSR count). The fourth-order valence-electron chi connectivity index (χ4n) is 7.48. The highest BCUT2D eigenvalue weighted by Crippen LogP contribution is 2.44. The van der Waals surface area contributed by atoms with Crippen molar-refractivity contribution in [3.63, 3.8) is 0 Å². The average molecular weight is 570 g/mol. The Bertz CT molecular complexity index is 1480. The van der Waals surface area contributed by atoms with E-state index in [2.05, 4.69) is 62.4 Å². The van der Waals surface area contributed by atoms with Crippen molar-refractivity contribution in [2.75, 3.05) is 38.2 Å². The van der Waals surface area contributed by atoms with Crippen LogP contribution in [-0.2, 0) is 17.6 Å². The number of aromatic hydroxyl groups is 1. The molecule has 0 bridgehead atoms. The number of rotatable bonds is 6. The van der Waals surface area contributed by atoms with Crippen LogP contribution in [0.3, 0.4) is 0 Å². The summed E-state index contributed by atoms with van der Waals surface area (Å²) in [5.41, 5.74) is 3.36. The molecule has 2 aromatic carbocycles. The van der Waals surface area contributed by atoms with E-state index >= 15 is 0 Å². The third-order valence-electron chi connectivity index (χ3n) is 9.68. The first-order valence-electron chi connectivity index (χ1n) is 15.4. The molecular weight excluding hydrogens is 526 g/mol. The number of amides is 1. The first-order valence-corrected chi connectivity index (χ1v) is 15.4. The van der Waals surface area contributed by atoms with Gasteiger partial charge < -0.3 is 24.5 Å². The number of carbonyl (C=O) groups is 1. The molecule has 1 amide bonds. The number of phenolic OH excluding ortho intramolecular Hbond substituents is 1. The summed E-state index contributed by atoms with van der Waals surface area (Å²) in [6.45, 7) is 13.2. The van der Waals surface area contributed by atoms with Crippen molar-refractivity contribution in [1.82, 2.24) is 19.8 Å². The van der Waals surface area contributed by atoms with E-state index in [1.165, 1.54) is 23.4 Å². The van der Waals surface area contributed by atoms with Gasteiger partial charge in [-0.05, 0) is 99.5 Å². The van der Waals surface area contributed by atoms with Gasteiger partial charge in [0.15, 0.2) is 0 Å². The van der Waals surface area contributed by atoms with E-state index in [9.17, 15) is 9.90 Å². The van der Waals surface area contributed by atoms with Gasteiger partial charge in [0, 0.05) is 36.8 Å². The zero-order valence-electron chi connectivity index (χ0n) is 25.3. The third kappa shape index (κ3) is 5.33. The van der Waals surface area contributed by atoms with Crippen LogP contribution in [0.25, 0.3) is 10.8 Å². The molecule has 8 nitrogen and oxygen atoms in total. The molecule has 42 heavy (non-hydrogen) atoms. The van der Waals surface area contributed by atoms with Gasteiger partial charge in [-0.25, -0.2) is 0 Å². The van der Waals surface area contributed by atoms with Gasteiger partial charge in [0.25, 0.3) is 0 Å². The van der Waals surface area contributed by atoms with Crippen LogP contribution in [0.1, 0.15) is 56.4 Å². The molecule has 0 saturated carbocycles. The lowest BCUT2D eigenvalue weighted by molar-refractivity contribution is -0.127. The molecule has 3 aromatic rings. The second-order valence-electron chi connectivity index (χ2n) is 12.6. The number of benzene rings is 2. The number of aromatic nitrogens is 2. The molecule has 0 spiro atoms. The number of piperazine rings is 1. The smallest absolute Gasteiger partial charge is 0.318 e. The third-order valence-corrected chi connectivity index (χ3v) is 9.68. The van der Waals surface area contributed by atoms with Crippen LogP contribution >= 0.6 is 0 Å². The van der Waals surface area contributed by atoms with Gasteiger partial charge in [-0.15, -0.1) is 0 Å². The Hall–Kier alpha value is -3.65. The fraction of sp³-hybridized carbons (Fsp3) is 0.500. The number of fused-ring (bicyclic) bond motifs is 2. The zero-order valence-corrected chi connectivity index (χ0v) is 25.3. The van der Waals surface area contributed by atoms with E-state index in [0.29, 0.717) is 43.4 Å². The predicted octanol–water partition coefficient (Wildman–Crippen LogP) is 4.94. The Labute approximate surface area is 249 Å². The molecule has 8 heteroatoms. The van der Waals surface area contributed by atoms with E-state index in [1.54, 1.807) is 0 Å². The normalized spacial score (nSPS) is 26.3. The predicted molar refractivity (Wildman–Crippen MR) is 166 cm³/mol. The second kappa shape index (κ2) is 11.6. The Morgan fingerprint density at radius 2 is 1.88 bits per heavy atom. The first-order chi connectivity index (χ1) is 20.2. The molecule has 1 aliphatic carbocycles. The number of hydrogen-bond acceptors (Lipinski definition) is 7. The zero-order chi connectivity index (χ0) is 29.5. The molecule has 5 unspecified atom stereocenters. The Morgan fingerprint density at radius 1 is 1.12 bits per heavy atom. The number of likely N-dealkylation sites (N-methyl/N-ethyl adjacent to an activating group) is 1. The Morgan fingerprint density at radius 3 is 2.60 bits per heavy atom. The standard InChI is InChI=1S/C34H43N5O3/c1-6-32(41)38-18-22(3)39(23(4)19-38)33-30-14-21(2)28(29-16-26(40)15-24-10-7-8-12-27(24)29)17-31(30)35-34(36-33)42-20-25-11-9-13-37(25)5/h6-8,10,12,15-16,21-23,25,28,40H,1,9,11,13-14,17-20H2,2-5H3. The van der Waals surface area contributed by atoms with Crippen LogP contribution in [0.15, 0.2) is 49.1 Å². The first kappa shape index (κ1) is 28.5. The summed E-state index contributed by atoms with van der Waals surface area (Å²) in [5.74, 6) is 1.72. The molecule has 3 heterocycles. The summed E-state index contributed by atoms with van der Waals surface area (Å²) in [6, 6.07) is 13.0. The summed E-state index contributed by atoms with van der Waals surface area (Å²) in [4.78, 5) is 29.2. The quantitative estimate of drug-likeness (QED) is 0.421. The number of anilines is 1. The fourth-order valence-corrected chi connectivity index (χ4v) is 7.48. The number of hydrogen-bond donors (Lipinski definition) is 1. The number of ether oxygens (including phenoxy) is 1. The van der Waals surface area contributed by atoms with E-state index in [0.717, 1.165) is 48.3 Å². The molecule has 2 aliphatic heterocycles. The highest BCUT2D eigenvalue weighted by atomic mass is 16.5. The van der Waals surface area contributed by atoms with E-state index in [4.69, 9.17) is 14.7 Å². The van der Waals surface area contributed by atoms with Crippen molar-refractivity contribution in [2.24, 2.45) is 5.92 Å². The summed E-state index contributed by atoms with van der Waals surface area (Å²) in [5, 5.41) is 12.8. The maximum Gasteiger partial charge on any atom is 0.318 e. The maximum absolute atomic E-state index is 12.5. The van der Waals surface area contributed by atoms with Crippen LogP contribution in [-0.4, -0.2) is 82.2 Å². The van der Waals surface area contributed by atoms with Gasteiger partial charge >= 0.3 is 6.01 Å². The lowest BCUT2D eigenvalue weighted by Crippen LogP contribution is -2.58. The molecular formula is C34H43N5O3. The monoisotopic (exact) mass is 569 g/mol. The van der Waals surface area contributed by atoms with Gasteiger partial charge in [-0.3, -0.25) is 4.79 Å². The Kier molecular flexibility index (Phi) is 7.83. The number of carbonyl (C=O) groups excluding carboxylic acids is 1. The largest absolute Gasteiger partial charge is 0.508 e. The van der Waals surface area contributed by atoms with Gasteiger partial charge in [0.1, 0.15) is 18.2 Å². The number of nitrogens with zero attached hydrogens (tertiary/aromatic N) is 5. The van der Waals surface area contributed by atoms with Crippen molar-refractivity contribution in [2.45, 2.75) is 70.5 Å². The SMILES string of the molecule is C=CC(=O)N1CC(C)N(c2nc(OCC3CCCN3C)nc3c2CC(C)C(c2cc(O)cc4ccccc24)C3)C(C)C1. The molecule has 5 atom stereocenters. The highest BCUT2D eigenvalue weighted by Gasteiger charge is 2.38. The van der Waals surface area contributed by atoms with Gasteiger partial charge in [0.2, 0.25) is 5.91 Å². The van der Waals surface area contributed by atoms with Crippen molar-refractivity contribution < 1.29 is 14.6 Å². The highest BCUT2D eigenvalue weighted by molar-refractivity contribution is 5.88. The minimum Gasteiger partial charge on any atom is -0.508 e. The second-order valence-corrected chi connectivity index (χ2v) is 12.6. The molecule has 2 fully saturated rings. The van der Waals surface area contributed by atoms with Crippen LogP contribution < -0.4 is 9.64 Å². The molecule has 2 saturated heterocycles. The van der Waals surface area contributed by atoms with E-state index in [1.807, 2.05) is 23.1 Å². The minimum absolute atomic E-state index is 0.0300. The summed E-state index contributed by atoms with van der Waals surface area (Å²) >= 11 is 0. The van der Waals surface area contributed by atoms with E-state index < -0.39 is 0 Å². The summed E-state index contributed by atoms with van der Waals surface area (Å²) < 4.78 is 6.35. The average Bonchev–Trinajstić information content (AvgIpc) is 3.39. The molecule has 1 N–H and O–H groups in total. The van der Waals surface area contributed by atoms with Crippen molar-refractivity contribution in [3.05, 3.63) is 65.9 Å². The van der Waals surface area contributed by atoms with Gasteiger partial charge in [-0.1, -0.05) is 37.8 Å². The molecule has 1 aromatic heterocycles. The lowest BCUT2D eigenvalue weighted by Gasteiger charge is -2.46. The van der Waals surface area contributed by atoms with E-state index in [-0.39, 0.29) is 23.9 Å². The van der Waals surface area contributed by atoms with Crippen LogP contribution in [0.2, 0.25) is 0 Å². The maximum atomic E-state index is 12.5. The topological polar surface area (TPSA) is 82.0 Å². The number of phenols is 1. The summed E-state index contributed by atoms with van der Waals surface area (Å²) in [7, 11) is 2.15. The van der Waals surface area contributed by atoms with Crippen LogP contribution in [0, 0.1) is 5.92 Å². The molecule has 3 aliphatic rings. The van der Waals surface area contributed by atoms with Gasteiger partial charge in [-0.2, -0.15) is 9.97 Å². The van der Waals surface area contributed by atoms with Crippen molar-refractivity contribution in [3.8, 4) is 11.8 Å². The van der Waals surface area contributed by atoms with Crippen molar-refractivity contribution in [1.29, 1.82) is 0 Å².